The lowest BCUT2D eigenvalue weighted by atomic mass is 9.79. The van der Waals surface area contributed by atoms with Crippen LogP contribution in [-0.4, -0.2) is 52.9 Å². The van der Waals surface area contributed by atoms with Gasteiger partial charge in [0.15, 0.2) is 0 Å². The van der Waals surface area contributed by atoms with Gasteiger partial charge in [-0.05, 0) is 90.1 Å². The van der Waals surface area contributed by atoms with Crippen LogP contribution in [-0.2, 0) is 44.2 Å². The van der Waals surface area contributed by atoms with Crippen molar-refractivity contribution >= 4 is 11.9 Å². The van der Waals surface area contributed by atoms with E-state index in [0.29, 0.717) is 42.6 Å². The van der Waals surface area contributed by atoms with Gasteiger partial charge in [-0.2, -0.15) is 0 Å². The first kappa shape index (κ1) is 49.2. The molecule has 1 aliphatic rings. The van der Waals surface area contributed by atoms with Crippen LogP contribution in [0, 0.1) is 11.7 Å². The zero-order chi connectivity index (χ0) is 44.9. The number of aryl methyl sites for hydroxylation is 1. The Bertz CT molecular complexity index is 1990. The van der Waals surface area contributed by atoms with Gasteiger partial charge in [0.05, 0.1) is 40.1 Å². The number of nitrogens with zero attached hydrogens (tertiary/aromatic N) is 3. The van der Waals surface area contributed by atoms with Crippen molar-refractivity contribution in [2.75, 3.05) is 20.8 Å². The molecule has 0 aliphatic heterocycles. The van der Waals surface area contributed by atoms with Crippen LogP contribution in [0.4, 0.5) is 4.39 Å². The highest BCUT2D eigenvalue weighted by atomic mass is 19.1. The van der Waals surface area contributed by atoms with Crippen LogP contribution in [0.5, 0.6) is 11.5 Å². The van der Waals surface area contributed by atoms with E-state index in [2.05, 4.69) is 30.2 Å². The first-order valence-corrected chi connectivity index (χ1v) is 23.5. The Balaban J connectivity index is 1.05. The van der Waals surface area contributed by atoms with Crippen LogP contribution in [0.3, 0.4) is 0 Å². The molecule has 1 saturated carbocycles. The number of carbonyl (C=O) groups is 2. The first-order chi connectivity index (χ1) is 30.6. The molecule has 1 fully saturated rings. The van der Waals surface area contributed by atoms with Gasteiger partial charge in [-0.1, -0.05) is 133 Å². The third-order valence-corrected chi connectivity index (χ3v) is 12.3. The third-order valence-electron chi connectivity index (χ3n) is 12.3. The maximum atomic E-state index is 15.5. The van der Waals surface area contributed by atoms with Crippen molar-refractivity contribution in [3.63, 3.8) is 0 Å². The summed E-state index contributed by atoms with van der Waals surface area (Å²) in [5, 5.41) is 18.3. The molecule has 5 rings (SSSR count). The van der Waals surface area contributed by atoms with Crippen LogP contribution < -0.4 is 9.47 Å². The molecule has 4 aromatic rings. The summed E-state index contributed by atoms with van der Waals surface area (Å²) in [5.41, 5.74) is 4.27. The molecule has 0 saturated heterocycles. The lowest BCUT2D eigenvalue weighted by Crippen LogP contribution is -2.25. The molecule has 11 heteroatoms. The van der Waals surface area contributed by atoms with Crippen LogP contribution in [0.15, 0.2) is 66.9 Å². The van der Waals surface area contributed by atoms with E-state index in [9.17, 15) is 14.7 Å². The zero-order valence-corrected chi connectivity index (χ0v) is 38.4. The van der Waals surface area contributed by atoms with Crippen molar-refractivity contribution in [3.05, 3.63) is 95.1 Å². The number of carboxylic acid groups (broad SMARTS) is 1. The molecular formula is C52H72FN3O7. The van der Waals surface area contributed by atoms with Crippen molar-refractivity contribution in [1.82, 2.24) is 15.0 Å². The van der Waals surface area contributed by atoms with Gasteiger partial charge in [0.25, 0.3) is 0 Å². The normalized spacial score (nSPS) is 13.2. The standard InChI is InChI=1S/C52H72FN3O7/c1-52(2,38-62-37-42-35-56(55-54-42)30-19-17-15-13-11-9-7-5-6-8-10-12-14-16-18-23-51(59)61-4)48-31-39(24-28-45(48)47-33-43(60-3)27-29-49(47)53)36-63-44-22-20-21-41(32-44)46(34-50(57)58)40-25-26-40/h20-22,24,27-29,31-33,35,40,46H,5-19,23,25-26,30,34,36-38H2,1-4H3,(H,57,58)/t46-/m0/s1. The molecule has 10 nitrogen and oxygen atoms in total. The topological polar surface area (TPSA) is 122 Å². The van der Waals surface area contributed by atoms with Crippen LogP contribution in [0.2, 0.25) is 0 Å². The Kier molecular flexibility index (Phi) is 20.4. The Morgan fingerprint density at radius 2 is 1.46 bits per heavy atom. The Morgan fingerprint density at radius 3 is 2.10 bits per heavy atom. The molecule has 0 unspecified atom stereocenters. The average Bonchev–Trinajstić information content (AvgIpc) is 4.03. The fraction of sp³-hybridized carbons (Fsp3) is 0.577. The maximum Gasteiger partial charge on any atom is 0.305 e. The van der Waals surface area contributed by atoms with E-state index in [-0.39, 0.29) is 30.7 Å². The zero-order valence-electron chi connectivity index (χ0n) is 38.4. The number of hydrogen-bond donors (Lipinski definition) is 1. The highest BCUT2D eigenvalue weighted by Gasteiger charge is 2.34. The molecule has 0 bridgehead atoms. The molecule has 0 amide bonds. The van der Waals surface area contributed by atoms with Gasteiger partial charge in [0.2, 0.25) is 0 Å². The Labute approximate surface area is 375 Å². The minimum absolute atomic E-state index is 0.0171. The summed E-state index contributed by atoms with van der Waals surface area (Å²) in [6, 6.07) is 18.5. The van der Waals surface area contributed by atoms with Crippen molar-refractivity contribution < 1.29 is 38.0 Å². The summed E-state index contributed by atoms with van der Waals surface area (Å²) < 4.78 is 40.1. The maximum absolute atomic E-state index is 15.5. The van der Waals surface area contributed by atoms with E-state index in [1.165, 1.54) is 90.2 Å². The summed E-state index contributed by atoms with van der Waals surface area (Å²) in [6.45, 7) is 5.98. The molecule has 344 valence electrons. The third kappa shape index (κ3) is 17.0. The van der Waals surface area contributed by atoms with Crippen molar-refractivity contribution in [2.45, 2.75) is 167 Å². The van der Waals surface area contributed by atoms with E-state index in [1.54, 1.807) is 19.2 Å². The molecule has 0 radical (unpaired) electrons. The van der Waals surface area contributed by atoms with Crippen molar-refractivity contribution in [2.24, 2.45) is 5.92 Å². The van der Waals surface area contributed by atoms with E-state index in [1.807, 2.05) is 47.3 Å². The number of methoxy groups -OCH3 is 2. The minimum Gasteiger partial charge on any atom is -0.497 e. The van der Waals surface area contributed by atoms with Gasteiger partial charge >= 0.3 is 11.9 Å². The number of ether oxygens (including phenoxy) is 4. The molecule has 0 spiro atoms. The van der Waals surface area contributed by atoms with Gasteiger partial charge in [-0.25, -0.2) is 4.39 Å². The van der Waals surface area contributed by atoms with Crippen molar-refractivity contribution in [3.8, 4) is 22.6 Å². The van der Waals surface area contributed by atoms with Gasteiger partial charge in [0, 0.05) is 23.9 Å². The summed E-state index contributed by atoms with van der Waals surface area (Å²) in [7, 11) is 3.03. The fourth-order valence-electron chi connectivity index (χ4n) is 8.50. The van der Waals surface area contributed by atoms with Crippen LogP contribution in [0.1, 0.15) is 164 Å². The monoisotopic (exact) mass is 870 g/mol. The number of aliphatic carboxylic acids is 1. The van der Waals surface area contributed by atoms with Gasteiger partial charge in [0.1, 0.15) is 29.6 Å². The largest absolute Gasteiger partial charge is 0.497 e. The molecule has 63 heavy (non-hydrogen) atoms. The lowest BCUT2D eigenvalue weighted by molar-refractivity contribution is -0.141. The number of aromatic nitrogens is 3. The summed E-state index contributed by atoms with van der Waals surface area (Å²) in [5.74, 6) is 0.423. The minimum atomic E-state index is -0.786. The van der Waals surface area contributed by atoms with E-state index < -0.39 is 11.4 Å². The Morgan fingerprint density at radius 1 is 0.794 bits per heavy atom. The predicted molar refractivity (Wildman–Crippen MR) is 245 cm³/mol. The van der Waals surface area contributed by atoms with Gasteiger partial charge < -0.3 is 24.1 Å². The van der Waals surface area contributed by atoms with Crippen LogP contribution in [0.25, 0.3) is 11.1 Å². The number of unbranched alkanes of at least 4 members (excludes halogenated alkanes) is 14. The summed E-state index contributed by atoms with van der Waals surface area (Å²) >= 11 is 0. The second-order valence-electron chi connectivity index (χ2n) is 18.1. The van der Waals surface area contributed by atoms with E-state index in [0.717, 1.165) is 66.6 Å². The van der Waals surface area contributed by atoms with Gasteiger partial charge in [-0.15, -0.1) is 5.10 Å². The van der Waals surface area contributed by atoms with Gasteiger partial charge in [-0.3, -0.25) is 14.3 Å². The molecule has 1 N–H and O–H groups in total. The number of carboxylic acids is 1. The van der Waals surface area contributed by atoms with Crippen LogP contribution >= 0.6 is 0 Å². The van der Waals surface area contributed by atoms with E-state index >= 15 is 4.39 Å². The average molecular weight is 870 g/mol. The molecule has 1 heterocycles. The SMILES string of the molecule is COC(=O)CCCCCCCCCCCCCCCCCn1cc(COCC(C)(C)c2cc(COc3cccc([C@@H](CC(=O)O)C4CC4)c3)ccc2-c2cc(OC)ccc2F)nn1. The Hall–Kier alpha value is -4.77. The highest BCUT2D eigenvalue weighted by molar-refractivity contribution is 5.71. The second kappa shape index (κ2) is 26.1. The first-order valence-electron chi connectivity index (χ1n) is 23.5. The predicted octanol–water partition coefficient (Wildman–Crippen LogP) is 12.5. The summed E-state index contributed by atoms with van der Waals surface area (Å²) in [6.07, 6.45) is 23.3. The number of rotatable bonds is 32. The molecule has 1 atom stereocenters. The number of esters is 1. The number of hydrogen-bond acceptors (Lipinski definition) is 8. The highest BCUT2D eigenvalue weighted by Crippen LogP contribution is 2.45. The number of halogens is 1. The molecule has 1 aromatic heterocycles. The number of benzene rings is 3. The second-order valence-corrected chi connectivity index (χ2v) is 18.1. The fourth-order valence-corrected chi connectivity index (χ4v) is 8.50. The smallest absolute Gasteiger partial charge is 0.305 e. The van der Waals surface area contributed by atoms with Crippen molar-refractivity contribution in [1.29, 1.82) is 0 Å². The quantitative estimate of drug-likeness (QED) is 0.0377. The van der Waals surface area contributed by atoms with E-state index in [4.69, 9.17) is 18.9 Å². The molecule has 3 aromatic carbocycles. The molecular weight excluding hydrogens is 798 g/mol. The molecule has 1 aliphatic carbocycles. The lowest BCUT2D eigenvalue weighted by Gasteiger charge is -2.29. The summed E-state index contributed by atoms with van der Waals surface area (Å²) in [4.78, 5) is 22.8. The number of carbonyl (C=O) groups excluding carboxylic acids is 1.